The molecule has 0 saturated carbocycles. The fourth-order valence-corrected chi connectivity index (χ4v) is 2.17. The topological polar surface area (TPSA) is 20.3 Å². The van der Waals surface area contributed by atoms with E-state index in [-0.39, 0.29) is 5.78 Å². The summed E-state index contributed by atoms with van der Waals surface area (Å²) in [6.07, 6.45) is 1.67. The second-order valence-corrected chi connectivity index (χ2v) is 5.19. The second kappa shape index (κ2) is 6.48. The quantitative estimate of drug-likeness (QED) is 0.789. The van der Waals surface area contributed by atoms with Gasteiger partial charge in [-0.05, 0) is 36.7 Å². The van der Waals surface area contributed by atoms with E-state index < -0.39 is 0 Å². The lowest BCUT2D eigenvalue weighted by atomic mass is 10.1. The molecule has 0 saturated heterocycles. The maximum Gasteiger partial charge on any atom is 0.131 e. The van der Waals surface area contributed by atoms with Crippen LogP contribution in [0.2, 0.25) is 0 Å². The van der Waals surface area contributed by atoms with Crippen LogP contribution in [-0.2, 0) is 11.2 Å². The lowest BCUT2D eigenvalue weighted by Crippen LogP contribution is -2.23. The number of fused-ring (bicyclic) bond motifs is 1. The van der Waals surface area contributed by atoms with Crippen LogP contribution < -0.4 is 0 Å². The lowest BCUT2D eigenvalue weighted by Gasteiger charge is -2.15. The molecule has 100 valence electrons. The largest absolute Gasteiger partial charge is 0.306 e. The first-order valence-corrected chi connectivity index (χ1v) is 6.81. The molecule has 0 radical (unpaired) electrons. The summed E-state index contributed by atoms with van der Waals surface area (Å²) in [5.74, 6) is 0.262. The van der Waals surface area contributed by atoms with Crippen molar-refractivity contribution in [2.45, 2.75) is 19.8 Å². The van der Waals surface area contributed by atoms with Crippen LogP contribution in [0.5, 0.6) is 0 Å². The molecule has 2 aromatic carbocycles. The van der Waals surface area contributed by atoms with Crippen LogP contribution in [0.1, 0.15) is 18.9 Å². The minimum atomic E-state index is 0.262. The van der Waals surface area contributed by atoms with Crippen molar-refractivity contribution in [1.29, 1.82) is 0 Å². The normalized spacial score (nSPS) is 11.1. The Hall–Kier alpha value is -1.67. The molecule has 2 nitrogen and oxygen atoms in total. The van der Waals surface area contributed by atoms with Crippen molar-refractivity contribution < 1.29 is 4.79 Å². The van der Waals surface area contributed by atoms with Crippen LogP contribution in [0.3, 0.4) is 0 Å². The molecule has 0 aliphatic carbocycles. The maximum absolute atomic E-state index is 10.9. The molecule has 0 fully saturated rings. The third-order valence-corrected chi connectivity index (χ3v) is 3.44. The van der Waals surface area contributed by atoms with E-state index in [1.54, 1.807) is 6.92 Å². The molecule has 2 rings (SSSR count). The Morgan fingerprint density at radius 1 is 1.05 bits per heavy atom. The number of hydrogen-bond donors (Lipinski definition) is 0. The van der Waals surface area contributed by atoms with E-state index in [4.69, 9.17) is 0 Å². The van der Waals surface area contributed by atoms with Crippen molar-refractivity contribution in [3.8, 4) is 0 Å². The summed E-state index contributed by atoms with van der Waals surface area (Å²) >= 11 is 0. The molecule has 0 atom stereocenters. The van der Waals surface area contributed by atoms with E-state index in [0.717, 1.165) is 19.5 Å². The summed E-state index contributed by atoms with van der Waals surface area (Å²) in [6, 6.07) is 15.1. The monoisotopic (exact) mass is 255 g/mol. The Bertz CT molecular complexity index is 562. The molecule has 0 aliphatic heterocycles. The van der Waals surface area contributed by atoms with Gasteiger partial charge in [0.15, 0.2) is 0 Å². The number of carbonyl (C=O) groups is 1. The van der Waals surface area contributed by atoms with Gasteiger partial charge in [0.25, 0.3) is 0 Å². The first kappa shape index (κ1) is 13.8. The summed E-state index contributed by atoms with van der Waals surface area (Å²) in [7, 11) is 2.07. The molecule has 0 aromatic heterocycles. The molecule has 2 heteroatoms. The first-order valence-electron chi connectivity index (χ1n) is 6.81. The SMILES string of the molecule is CC(=O)CCN(C)CCc1ccc2ccccc2c1. The molecule has 0 spiro atoms. The number of hydrogen-bond acceptors (Lipinski definition) is 2. The summed E-state index contributed by atoms with van der Waals surface area (Å²) in [5.41, 5.74) is 1.35. The van der Waals surface area contributed by atoms with Gasteiger partial charge in [0, 0.05) is 19.5 Å². The lowest BCUT2D eigenvalue weighted by molar-refractivity contribution is -0.117. The smallest absolute Gasteiger partial charge is 0.131 e. The van der Waals surface area contributed by atoms with E-state index in [0.29, 0.717) is 6.42 Å². The number of benzene rings is 2. The van der Waals surface area contributed by atoms with E-state index in [1.807, 2.05) is 0 Å². The van der Waals surface area contributed by atoms with Crippen LogP contribution in [0.4, 0.5) is 0 Å². The highest BCUT2D eigenvalue weighted by molar-refractivity contribution is 5.83. The van der Waals surface area contributed by atoms with Gasteiger partial charge in [0.1, 0.15) is 5.78 Å². The Balaban J connectivity index is 1.92. The molecule has 2 aromatic rings. The third-order valence-electron chi connectivity index (χ3n) is 3.44. The number of rotatable bonds is 6. The van der Waals surface area contributed by atoms with Gasteiger partial charge in [-0.3, -0.25) is 4.79 Å². The van der Waals surface area contributed by atoms with Crippen LogP contribution in [0.15, 0.2) is 42.5 Å². The predicted octanol–water partition coefficient (Wildman–Crippen LogP) is 3.29. The molecule has 0 amide bonds. The molecule has 19 heavy (non-hydrogen) atoms. The number of ketones is 1. The minimum absolute atomic E-state index is 0.262. The first-order chi connectivity index (χ1) is 9.15. The van der Waals surface area contributed by atoms with E-state index in [2.05, 4.69) is 54.4 Å². The Labute approximate surface area is 115 Å². The summed E-state index contributed by atoms with van der Waals surface area (Å²) < 4.78 is 0. The number of Topliss-reactive ketones (excluding diaryl/α,β-unsaturated/α-hetero) is 1. The zero-order valence-electron chi connectivity index (χ0n) is 11.7. The van der Waals surface area contributed by atoms with Gasteiger partial charge < -0.3 is 4.90 Å². The van der Waals surface area contributed by atoms with Gasteiger partial charge in [0.05, 0.1) is 0 Å². The van der Waals surface area contributed by atoms with Gasteiger partial charge in [-0.1, -0.05) is 42.5 Å². The zero-order chi connectivity index (χ0) is 13.7. The number of nitrogens with zero attached hydrogens (tertiary/aromatic N) is 1. The highest BCUT2D eigenvalue weighted by atomic mass is 16.1. The fraction of sp³-hybridized carbons (Fsp3) is 0.353. The van der Waals surface area contributed by atoms with Crippen molar-refractivity contribution in [2.75, 3.05) is 20.1 Å². The summed E-state index contributed by atoms with van der Waals surface area (Å²) in [5, 5.41) is 2.59. The third kappa shape index (κ3) is 4.18. The summed E-state index contributed by atoms with van der Waals surface area (Å²) in [6.45, 7) is 3.49. The fourth-order valence-electron chi connectivity index (χ4n) is 2.17. The minimum Gasteiger partial charge on any atom is -0.306 e. The van der Waals surface area contributed by atoms with E-state index in [1.165, 1.54) is 16.3 Å². The summed E-state index contributed by atoms with van der Waals surface area (Å²) in [4.78, 5) is 13.2. The van der Waals surface area contributed by atoms with Gasteiger partial charge in [0.2, 0.25) is 0 Å². The van der Waals surface area contributed by atoms with Crippen LogP contribution in [0.25, 0.3) is 10.8 Å². The predicted molar refractivity (Wildman–Crippen MR) is 80.4 cm³/mol. The van der Waals surface area contributed by atoms with Crippen molar-refractivity contribution in [3.05, 3.63) is 48.0 Å². The zero-order valence-corrected chi connectivity index (χ0v) is 11.7. The molecule has 0 heterocycles. The standard InChI is InChI=1S/C17H21NO/c1-14(19)9-11-18(2)12-10-15-7-8-16-5-3-4-6-17(16)13-15/h3-8,13H,9-12H2,1-2H3. The number of carbonyl (C=O) groups excluding carboxylic acids is 1. The van der Waals surface area contributed by atoms with Crippen LogP contribution >= 0.6 is 0 Å². The molecule has 0 N–H and O–H groups in total. The van der Waals surface area contributed by atoms with Crippen molar-refractivity contribution in [3.63, 3.8) is 0 Å². The maximum atomic E-state index is 10.9. The molecular formula is C17H21NO. The molecule has 0 aliphatic rings. The average molecular weight is 255 g/mol. The molecular weight excluding hydrogens is 234 g/mol. The van der Waals surface area contributed by atoms with Gasteiger partial charge >= 0.3 is 0 Å². The number of likely N-dealkylation sites (N-methyl/N-ethyl adjacent to an activating group) is 1. The van der Waals surface area contributed by atoms with E-state index in [9.17, 15) is 4.79 Å². The van der Waals surface area contributed by atoms with Gasteiger partial charge in [-0.2, -0.15) is 0 Å². The molecule has 0 unspecified atom stereocenters. The van der Waals surface area contributed by atoms with Crippen molar-refractivity contribution in [2.24, 2.45) is 0 Å². The Kier molecular flexibility index (Phi) is 4.69. The second-order valence-electron chi connectivity index (χ2n) is 5.19. The van der Waals surface area contributed by atoms with Crippen LogP contribution in [0, 0.1) is 0 Å². The van der Waals surface area contributed by atoms with Gasteiger partial charge in [-0.25, -0.2) is 0 Å². The molecule has 0 bridgehead atoms. The highest BCUT2D eigenvalue weighted by Crippen LogP contribution is 2.16. The van der Waals surface area contributed by atoms with E-state index >= 15 is 0 Å². The van der Waals surface area contributed by atoms with Crippen LogP contribution in [-0.4, -0.2) is 30.8 Å². The average Bonchev–Trinajstić information content (AvgIpc) is 2.42. The van der Waals surface area contributed by atoms with Crippen molar-refractivity contribution in [1.82, 2.24) is 4.90 Å². The van der Waals surface area contributed by atoms with Gasteiger partial charge in [-0.15, -0.1) is 0 Å². The van der Waals surface area contributed by atoms with Crippen molar-refractivity contribution >= 4 is 16.6 Å². The Morgan fingerprint density at radius 3 is 2.53 bits per heavy atom. The highest BCUT2D eigenvalue weighted by Gasteiger charge is 2.02. The Morgan fingerprint density at radius 2 is 1.79 bits per heavy atom.